The predicted molar refractivity (Wildman–Crippen MR) is 231 cm³/mol. The van der Waals surface area contributed by atoms with Crippen LogP contribution in [0.1, 0.15) is 181 Å². The molecule has 3 fully saturated rings. The third-order valence-corrected chi connectivity index (χ3v) is 13.4. The van der Waals surface area contributed by atoms with Crippen LogP contribution >= 0.6 is 0 Å². The minimum Gasteiger partial charge on any atom is -0.395 e. The molecule has 0 unspecified atom stereocenters. The summed E-state index contributed by atoms with van der Waals surface area (Å²) in [5.74, 6) is 2.22. The second-order valence-corrected chi connectivity index (χ2v) is 21.4. The molecule has 12 nitrogen and oxygen atoms in total. The van der Waals surface area contributed by atoms with Gasteiger partial charge >= 0.3 is 0 Å². The molecular formula is C44H85N9O3. The molecule has 0 amide bonds. The maximum Gasteiger partial charge on any atom is 0.232 e. The van der Waals surface area contributed by atoms with Gasteiger partial charge in [0, 0.05) is 77.5 Å². The number of piperidine rings is 3. The molecule has 56 heavy (non-hydrogen) atoms. The Labute approximate surface area is 342 Å². The van der Waals surface area contributed by atoms with Crippen molar-refractivity contribution in [2.24, 2.45) is 0 Å². The summed E-state index contributed by atoms with van der Waals surface area (Å²) in [4.78, 5) is 26.6. The van der Waals surface area contributed by atoms with E-state index in [1.165, 1.54) is 0 Å². The van der Waals surface area contributed by atoms with Crippen LogP contribution in [-0.2, 0) is 0 Å². The van der Waals surface area contributed by atoms with Crippen LogP contribution < -0.4 is 14.7 Å². The lowest BCUT2D eigenvalue weighted by Crippen LogP contribution is -2.65. The van der Waals surface area contributed by atoms with Gasteiger partial charge in [-0.2, -0.15) is 25.1 Å². The fourth-order valence-corrected chi connectivity index (χ4v) is 11.1. The highest BCUT2D eigenvalue weighted by atomic mass is 16.5. The lowest BCUT2D eigenvalue weighted by molar-refractivity contribution is -0.244. The van der Waals surface area contributed by atoms with E-state index in [4.69, 9.17) is 15.0 Å². The van der Waals surface area contributed by atoms with Gasteiger partial charge in [0.25, 0.3) is 0 Å². The van der Waals surface area contributed by atoms with Crippen LogP contribution in [0.15, 0.2) is 0 Å². The van der Waals surface area contributed by atoms with Gasteiger partial charge in [0.05, 0.1) is 6.61 Å². The molecule has 0 saturated carbocycles. The van der Waals surface area contributed by atoms with Crippen LogP contribution in [0.5, 0.6) is 0 Å². The van der Waals surface area contributed by atoms with Gasteiger partial charge in [0.1, 0.15) is 0 Å². The highest BCUT2D eigenvalue weighted by Gasteiger charge is 2.50. The summed E-state index contributed by atoms with van der Waals surface area (Å²) >= 11 is 0. The number of unbranched alkanes of at least 4 members (excludes halogenated alkanes) is 3. The van der Waals surface area contributed by atoms with Crippen molar-refractivity contribution in [3.63, 3.8) is 0 Å². The summed E-state index contributed by atoms with van der Waals surface area (Å²) in [6.07, 6.45) is 11.2. The van der Waals surface area contributed by atoms with Crippen LogP contribution in [0.3, 0.4) is 0 Å². The molecule has 0 radical (unpaired) electrons. The van der Waals surface area contributed by atoms with Crippen molar-refractivity contribution in [3.05, 3.63) is 0 Å². The molecule has 3 N–H and O–H groups in total. The number of anilines is 3. The summed E-state index contributed by atoms with van der Waals surface area (Å²) < 4.78 is 0. The van der Waals surface area contributed by atoms with Crippen LogP contribution in [0.4, 0.5) is 17.8 Å². The van der Waals surface area contributed by atoms with Gasteiger partial charge in [-0.05, 0) is 141 Å². The van der Waals surface area contributed by atoms with E-state index in [-0.39, 0.29) is 35.8 Å². The minimum atomic E-state index is -0.426. The molecule has 1 aromatic rings. The minimum absolute atomic E-state index is 0.126. The molecule has 1 aromatic heterocycles. The first-order valence-electron chi connectivity index (χ1n) is 22.3. The van der Waals surface area contributed by atoms with Crippen molar-refractivity contribution < 1.29 is 15.5 Å². The SMILES string of the molecule is CCCCN(c1nc(N(CCCC)C2CC(C)(C)N(O)C(C)(C)C2)nc(N(CCCC)C2CC(C)(C)N(CCO)C(C)(C)C2)n1)C1CC(C)(C)N(O)C(C)(C)C1. The molecule has 324 valence electrons. The van der Waals surface area contributed by atoms with Crippen LogP contribution in [0, 0.1) is 0 Å². The number of rotatable bonds is 17. The Morgan fingerprint density at radius 3 is 0.964 bits per heavy atom. The molecule has 0 spiro atoms. The zero-order valence-electron chi connectivity index (χ0n) is 38.6. The number of β-amino-alcohol motifs (C(OH)–C–C–N with tert-alkyl or cyclic N) is 1. The molecule has 12 heteroatoms. The van der Waals surface area contributed by atoms with E-state index in [1.54, 1.807) is 10.1 Å². The van der Waals surface area contributed by atoms with E-state index in [1.807, 2.05) is 0 Å². The molecular weight excluding hydrogens is 703 g/mol. The van der Waals surface area contributed by atoms with Gasteiger partial charge in [0.15, 0.2) is 0 Å². The van der Waals surface area contributed by atoms with E-state index < -0.39 is 22.2 Å². The number of aliphatic hydroxyl groups excluding tert-OH is 1. The standard InChI is InChI=1S/C44H85N9O3/c1-16-19-22-48(33-27-39(4,5)51(25-26-54)40(6,7)28-33)36-45-37(49(23-20-17-2)34-29-41(8,9)52(55)42(10,11)30-34)47-38(46-36)50(24-21-18-3)35-31-43(12,13)53(56)44(14,15)32-35/h33-35,54-56H,16-32H2,1-15H3. The Hall–Kier alpha value is -1.83. The van der Waals surface area contributed by atoms with Crippen LogP contribution in [0.2, 0.25) is 0 Å². The van der Waals surface area contributed by atoms with Crippen molar-refractivity contribution >= 4 is 17.8 Å². The molecule has 0 atom stereocenters. The fraction of sp³-hybridized carbons (Fsp3) is 0.932. The second-order valence-electron chi connectivity index (χ2n) is 21.4. The number of aliphatic hydroxyl groups is 1. The maximum absolute atomic E-state index is 11.4. The average molecular weight is 788 g/mol. The number of aromatic nitrogens is 3. The monoisotopic (exact) mass is 788 g/mol. The van der Waals surface area contributed by atoms with Crippen molar-refractivity contribution in [1.82, 2.24) is 30.0 Å². The Morgan fingerprint density at radius 2 is 0.732 bits per heavy atom. The lowest BCUT2D eigenvalue weighted by Gasteiger charge is -2.57. The fourth-order valence-electron chi connectivity index (χ4n) is 11.1. The van der Waals surface area contributed by atoms with E-state index in [0.29, 0.717) is 6.54 Å². The molecule has 0 aromatic carbocycles. The van der Waals surface area contributed by atoms with Gasteiger partial charge in [-0.25, -0.2) is 0 Å². The Kier molecular flexibility index (Phi) is 14.9. The number of hydroxylamine groups is 4. The van der Waals surface area contributed by atoms with E-state index in [0.717, 1.165) is 115 Å². The van der Waals surface area contributed by atoms with Gasteiger partial charge in [-0.3, -0.25) is 4.90 Å². The van der Waals surface area contributed by atoms with Gasteiger partial charge < -0.3 is 30.2 Å². The third-order valence-electron chi connectivity index (χ3n) is 13.4. The molecule has 3 aliphatic heterocycles. The van der Waals surface area contributed by atoms with Gasteiger partial charge in [0.2, 0.25) is 17.8 Å². The highest BCUT2D eigenvalue weighted by Crippen LogP contribution is 2.44. The highest BCUT2D eigenvalue weighted by molar-refractivity contribution is 5.49. The van der Waals surface area contributed by atoms with E-state index in [2.05, 4.69) is 123 Å². The Bertz CT molecular complexity index is 1290. The van der Waals surface area contributed by atoms with Gasteiger partial charge in [-0.1, -0.05) is 40.0 Å². The van der Waals surface area contributed by atoms with Crippen molar-refractivity contribution in [3.8, 4) is 0 Å². The number of likely N-dealkylation sites (tertiary alicyclic amines) is 1. The summed E-state index contributed by atoms with van der Waals surface area (Å²) in [6.45, 7) is 36.5. The van der Waals surface area contributed by atoms with Gasteiger partial charge in [-0.15, -0.1) is 0 Å². The van der Waals surface area contributed by atoms with Crippen LogP contribution in [0.25, 0.3) is 0 Å². The van der Waals surface area contributed by atoms with Crippen molar-refractivity contribution in [1.29, 1.82) is 0 Å². The van der Waals surface area contributed by atoms with Crippen molar-refractivity contribution in [2.75, 3.05) is 47.5 Å². The normalized spacial score (nSPS) is 24.3. The van der Waals surface area contributed by atoms with Crippen molar-refractivity contribution in [2.45, 2.75) is 232 Å². The molecule has 4 heterocycles. The predicted octanol–water partition coefficient (Wildman–Crippen LogP) is 8.53. The average Bonchev–Trinajstić information content (AvgIpc) is 3.07. The zero-order valence-corrected chi connectivity index (χ0v) is 38.6. The Balaban J connectivity index is 1.97. The molecule has 3 saturated heterocycles. The first-order chi connectivity index (χ1) is 25.9. The first-order valence-corrected chi connectivity index (χ1v) is 22.3. The molecule has 3 aliphatic rings. The second kappa shape index (κ2) is 17.8. The first kappa shape index (κ1) is 46.9. The molecule has 4 rings (SSSR count). The largest absolute Gasteiger partial charge is 0.395 e. The summed E-state index contributed by atoms with van der Waals surface area (Å²) in [5, 5.41) is 36.0. The maximum atomic E-state index is 11.4. The number of nitrogens with zero attached hydrogens (tertiary/aromatic N) is 9. The lowest BCUT2D eigenvalue weighted by atomic mass is 9.76. The van der Waals surface area contributed by atoms with E-state index in [9.17, 15) is 15.5 Å². The Morgan fingerprint density at radius 1 is 0.482 bits per heavy atom. The number of hydrogen-bond donors (Lipinski definition) is 3. The van der Waals surface area contributed by atoms with E-state index >= 15 is 0 Å². The number of hydrogen-bond acceptors (Lipinski definition) is 12. The molecule has 0 aliphatic carbocycles. The quantitative estimate of drug-likeness (QED) is 0.141. The summed E-state index contributed by atoms with van der Waals surface area (Å²) in [6, 6.07) is 0.450. The van der Waals surface area contributed by atoms with Crippen LogP contribution in [-0.4, -0.2) is 130 Å². The summed E-state index contributed by atoms with van der Waals surface area (Å²) in [5.41, 5.74) is -1.97. The smallest absolute Gasteiger partial charge is 0.232 e. The molecule has 0 bridgehead atoms. The third kappa shape index (κ3) is 10.3. The zero-order chi connectivity index (χ0) is 42.1. The topological polar surface area (TPSA) is 119 Å². The summed E-state index contributed by atoms with van der Waals surface area (Å²) in [7, 11) is 0.